The number of hydrogen-bond donors (Lipinski definition) is 8. The van der Waals surface area contributed by atoms with E-state index in [-0.39, 0.29) is 84.5 Å². The van der Waals surface area contributed by atoms with Crippen molar-refractivity contribution in [3.63, 3.8) is 0 Å². The van der Waals surface area contributed by atoms with Gasteiger partial charge in [0.25, 0.3) is 12.0 Å². The number of nitrogens with two attached hydrogens (primary N) is 2. The van der Waals surface area contributed by atoms with Crippen LogP contribution in [0.25, 0.3) is 45.4 Å². The molecule has 0 aliphatic heterocycles. The number of hydrogen-bond acceptors (Lipinski definition) is 23. The molecule has 8 aromatic heterocycles. The van der Waals surface area contributed by atoms with Gasteiger partial charge in [-0.25, -0.2) is 79.6 Å². The average Bonchev–Trinajstić information content (AvgIpc) is 1.82. The molecule has 3 aromatic carbocycles. The second-order valence-corrected chi connectivity index (χ2v) is 19.4. The van der Waals surface area contributed by atoms with E-state index in [0.29, 0.717) is 52.1 Å². The molecule has 0 bridgehead atoms. The average molecular weight is 1320 g/mol. The van der Waals surface area contributed by atoms with E-state index in [1.165, 1.54) is 80.8 Å². The minimum atomic E-state index is -1.13. The Balaban J connectivity index is 0.000000177. The Kier molecular flexibility index (Phi) is 25.6. The van der Waals surface area contributed by atoms with Crippen LogP contribution in [0.3, 0.4) is 0 Å². The number of esters is 1. The third-order valence-electron chi connectivity index (χ3n) is 12.5. The van der Waals surface area contributed by atoms with Crippen molar-refractivity contribution in [2.24, 2.45) is 5.73 Å². The standard InChI is InChI=1S/C19H17F2N3O4.C17H12F2N2O3.C15H9F2N3O3.C9H6F2N2O.C3H9NO2/c20-13-6-16(23-8-14(13)21)18-9-24-19(28-18)5-11-1-3-15(22-7-11)17(27)4-2-12(26)10-25;1-23-17(22)14-5-2-10(8-20-14)6-16-21-9-15(24-16)11-3-4-12(18)13(19)7-11;16-10-3-1-8(5-11(10)17)13-7-19-15(23-13)20-9-2-4-12(14(21)22)18-6-9;10-6-2-1-5(3-7(6)11)8-4-13-9(12)14-8;4-1-3(6)2-5/h1,3,6-9,12,25-26H,2,4-5,10H2;2-5,7-9H,6H2,1H3;1-7H,(H,19,20)(H,21,22);1-4H,(H2,12,13);3,5-6H,1-2,4H2/t12-;;;;3-/m1...1/s1. The molecule has 0 amide bonds. The fourth-order valence-electron chi connectivity index (χ4n) is 7.53. The summed E-state index contributed by atoms with van der Waals surface area (Å²) in [5, 5.41) is 45.9. The monoisotopic (exact) mass is 1320 g/mol. The van der Waals surface area contributed by atoms with E-state index in [4.69, 9.17) is 49.6 Å². The zero-order chi connectivity index (χ0) is 68.7. The maximum absolute atomic E-state index is 13.3. The second kappa shape index (κ2) is 34.3. The highest BCUT2D eigenvalue weighted by molar-refractivity contribution is 5.94. The zero-order valence-corrected chi connectivity index (χ0v) is 49.2. The second-order valence-electron chi connectivity index (χ2n) is 19.4. The van der Waals surface area contributed by atoms with Crippen molar-refractivity contribution >= 4 is 35.4 Å². The molecule has 0 saturated carbocycles. The minimum Gasteiger partial charge on any atom is -0.477 e. The number of nitrogens with zero attached hydrogens (tertiary/aromatic N) is 8. The Morgan fingerprint density at radius 3 is 1.44 bits per heavy atom. The summed E-state index contributed by atoms with van der Waals surface area (Å²) in [5.74, 6) is -7.78. The summed E-state index contributed by atoms with van der Waals surface area (Å²) in [7, 11) is 1.28. The number of ketones is 1. The molecule has 8 heterocycles. The van der Waals surface area contributed by atoms with Gasteiger partial charge in [0.1, 0.15) is 22.8 Å². The Labute approximate surface area is 531 Å². The molecule has 10 N–H and O–H groups in total. The van der Waals surface area contributed by atoms with Crippen molar-refractivity contribution in [2.45, 2.75) is 37.9 Å². The number of carboxylic acids is 1. The molecule has 32 heteroatoms. The lowest BCUT2D eigenvalue weighted by Crippen LogP contribution is -2.22. The lowest BCUT2D eigenvalue weighted by atomic mass is 10.1. The number of oxazole rings is 4. The third-order valence-corrected chi connectivity index (χ3v) is 12.5. The topological polar surface area (TPSA) is 381 Å². The molecule has 0 unspecified atom stereocenters. The van der Waals surface area contributed by atoms with Crippen LogP contribution in [-0.4, -0.2) is 122 Å². The van der Waals surface area contributed by atoms with Gasteiger partial charge in [0, 0.05) is 48.1 Å². The van der Waals surface area contributed by atoms with Gasteiger partial charge in [-0.3, -0.25) is 9.78 Å². The number of carbonyl (C=O) groups excluding carboxylic acids is 2. The van der Waals surface area contributed by atoms with Gasteiger partial charge in [0.05, 0.1) is 88.2 Å². The number of rotatable bonds is 19. The number of benzene rings is 3. The van der Waals surface area contributed by atoms with Crippen LogP contribution >= 0.6 is 0 Å². The van der Waals surface area contributed by atoms with Gasteiger partial charge in [-0.05, 0) is 96.4 Å². The smallest absolute Gasteiger partial charge is 0.356 e. The first kappa shape index (κ1) is 71.0. The number of nitrogens with one attached hydrogen (secondary N) is 1. The molecule has 24 nitrogen and oxygen atoms in total. The maximum atomic E-state index is 13.3. The minimum absolute atomic E-state index is 0.00951. The number of pyridine rings is 4. The number of anilines is 3. The molecule has 0 saturated heterocycles. The first-order valence-corrected chi connectivity index (χ1v) is 27.5. The molecular formula is C63H53F8N11O13. The molecule has 0 aliphatic carbocycles. The number of aromatic carboxylic acids is 1. The predicted octanol–water partition coefficient (Wildman–Crippen LogP) is 9.67. The highest BCUT2D eigenvalue weighted by Gasteiger charge is 2.17. The Bertz CT molecular complexity index is 4330. The summed E-state index contributed by atoms with van der Waals surface area (Å²) >= 11 is 0. The summed E-state index contributed by atoms with van der Waals surface area (Å²) in [4.78, 5) is 65.4. The summed E-state index contributed by atoms with van der Waals surface area (Å²) in [6, 6.07) is 20.6. The quantitative estimate of drug-likeness (QED) is 0.0212. The lowest BCUT2D eigenvalue weighted by molar-refractivity contribution is 0.0593. The largest absolute Gasteiger partial charge is 0.477 e. The van der Waals surface area contributed by atoms with Gasteiger partial charge < -0.3 is 64.7 Å². The van der Waals surface area contributed by atoms with Gasteiger partial charge in [-0.15, -0.1) is 0 Å². The number of carboxylic acid groups (broad SMARTS) is 1. The normalized spacial score (nSPS) is 11.3. The molecule has 11 aromatic rings. The number of carbonyl (C=O) groups is 3. The van der Waals surface area contributed by atoms with Crippen LogP contribution in [0.15, 0.2) is 164 Å². The number of ether oxygens (including phenoxy) is 1. The third kappa shape index (κ3) is 21.0. The van der Waals surface area contributed by atoms with Gasteiger partial charge in [-0.1, -0.05) is 12.1 Å². The first-order valence-electron chi connectivity index (χ1n) is 27.5. The van der Waals surface area contributed by atoms with Crippen LogP contribution in [0.1, 0.15) is 67.2 Å². The molecule has 0 radical (unpaired) electrons. The van der Waals surface area contributed by atoms with Crippen molar-refractivity contribution in [1.29, 1.82) is 0 Å². The highest BCUT2D eigenvalue weighted by Crippen LogP contribution is 2.28. The van der Waals surface area contributed by atoms with Crippen molar-refractivity contribution in [3.05, 3.63) is 233 Å². The number of nitrogen functional groups attached to an aromatic ring is 1. The number of Topliss-reactive ketones (excluding diaryl/α,β-unsaturated/α-hetero) is 1. The number of halogens is 8. The van der Waals surface area contributed by atoms with Crippen LogP contribution in [0.5, 0.6) is 0 Å². The van der Waals surface area contributed by atoms with Crippen LogP contribution < -0.4 is 16.8 Å². The van der Waals surface area contributed by atoms with E-state index in [2.05, 4.69) is 49.9 Å². The predicted molar refractivity (Wildman–Crippen MR) is 318 cm³/mol. The van der Waals surface area contributed by atoms with E-state index < -0.39 is 77.3 Å². The van der Waals surface area contributed by atoms with Crippen LogP contribution in [0.4, 0.5) is 52.8 Å². The van der Waals surface area contributed by atoms with E-state index in [9.17, 15) is 54.6 Å². The van der Waals surface area contributed by atoms with Crippen molar-refractivity contribution in [3.8, 4) is 45.4 Å². The van der Waals surface area contributed by atoms with Crippen LogP contribution in [0.2, 0.25) is 0 Å². The van der Waals surface area contributed by atoms with Crippen molar-refractivity contribution < 1.29 is 97.4 Å². The van der Waals surface area contributed by atoms with Gasteiger partial charge >= 0.3 is 11.9 Å². The molecule has 494 valence electrons. The summed E-state index contributed by atoms with van der Waals surface area (Å²) in [6.45, 7) is -0.495. The summed E-state index contributed by atoms with van der Waals surface area (Å²) in [6.07, 6.45) is 9.85. The molecule has 0 spiro atoms. The van der Waals surface area contributed by atoms with E-state index in [1.807, 2.05) is 0 Å². The Morgan fingerprint density at radius 2 is 0.989 bits per heavy atom. The number of methoxy groups -OCH3 is 1. The fourth-order valence-corrected chi connectivity index (χ4v) is 7.53. The van der Waals surface area contributed by atoms with Gasteiger partial charge in [0.2, 0.25) is 0 Å². The first-order chi connectivity index (χ1) is 45.5. The Hall–Kier alpha value is -11.5. The van der Waals surface area contributed by atoms with Gasteiger partial charge in [-0.2, -0.15) is 0 Å². The van der Waals surface area contributed by atoms with E-state index in [0.717, 1.165) is 59.8 Å². The zero-order valence-electron chi connectivity index (χ0n) is 49.2. The molecular weight excluding hydrogens is 1270 g/mol. The van der Waals surface area contributed by atoms with Crippen molar-refractivity contribution in [1.82, 2.24) is 39.9 Å². The molecule has 0 fully saturated rings. The number of aromatic nitrogens is 8. The maximum Gasteiger partial charge on any atom is 0.356 e. The molecule has 0 aliphatic rings. The molecule has 11 rings (SSSR count). The van der Waals surface area contributed by atoms with Crippen LogP contribution in [0, 0.1) is 46.5 Å². The summed E-state index contributed by atoms with van der Waals surface area (Å²) < 4.78 is 130. The van der Waals surface area contributed by atoms with Gasteiger partial charge in [0.15, 0.2) is 87.1 Å². The van der Waals surface area contributed by atoms with Crippen LogP contribution in [-0.2, 0) is 17.6 Å². The van der Waals surface area contributed by atoms with E-state index >= 15 is 0 Å². The lowest BCUT2D eigenvalue weighted by Gasteiger charge is -2.06. The number of aliphatic hydroxyl groups is 4. The van der Waals surface area contributed by atoms with Crippen molar-refractivity contribution in [2.75, 3.05) is 37.9 Å². The molecule has 95 heavy (non-hydrogen) atoms. The fraction of sp³-hybridized carbons (Fsp3) is 0.159. The van der Waals surface area contributed by atoms with E-state index in [1.54, 1.807) is 24.3 Å². The number of aliphatic hydroxyl groups excluding tert-OH is 4. The Morgan fingerprint density at radius 1 is 0.505 bits per heavy atom. The highest BCUT2D eigenvalue weighted by atomic mass is 19.2. The molecule has 2 atom stereocenters. The SMILES string of the molecule is COC(=O)c1ccc(Cc2ncc(-c3ccc(F)c(F)c3)o2)cn1.NC[C@@H](O)CO.Nc1ncc(-c2ccc(F)c(F)c2)o1.O=C(CC[C@@H](O)CO)c1ccc(Cc2ncc(-c3cc(F)c(F)cn3)o2)cn1.O=C(O)c1ccc(Nc2ncc(-c3ccc(F)c(F)c3)o2)cn1. The summed E-state index contributed by atoms with van der Waals surface area (Å²) in [5.41, 5.74) is 13.7.